The van der Waals surface area contributed by atoms with E-state index in [9.17, 15) is 14.4 Å². The first kappa shape index (κ1) is 15.7. The Hall–Kier alpha value is -2.67. The number of hydrogen-bond donors (Lipinski definition) is 3. The number of carbonyl (C=O) groups is 3. The van der Waals surface area contributed by atoms with Crippen molar-refractivity contribution in [3.05, 3.63) is 52.2 Å². The van der Waals surface area contributed by atoms with Crippen molar-refractivity contribution < 1.29 is 19.5 Å². The molecule has 0 radical (unpaired) electrons. The maximum absolute atomic E-state index is 11.9. The Labute approximate surface area is 130 Å². The normalized spacial score (nSPS) is 10.0. The number of hydrogen-bond acceptors (Lipinski definition) is 4. The Morgan fingerprint density at radius 3 is 2.41 bits per heavy atom. The number of rotatable bonds is 6. The number of aliphatic carboxylic acids is 1. The molecule has 0 fully saturated rings. The van der Waals surface area contributed by atoms with Gasteiger partial charge in [0.2, 0.25) is 5.91 Å². The van der Waals surface area contributed by atoms with Gasteiger partial charge >= 0.3 is 5.97 Å². The van der Waals surface area contributed by atoms with Gasteiger partial charge in [-0.25, -0.2) is 0 Å². The number of carboxylic acids is 1. The van der Waals surface area contributed by atoms with Gasteiger partial charge in [-0.3, -0.25) is 14.4 Å². The predicted molar refractivity (Wildman–Crippen MR) is 83.1 cm³/mol. The molecule has 0 unspecified atom stereocenters. The molecule has 0 bridgehead atoms. The third kappa shape index (κ3) is 4.71. The molecule has 0 aliphatic heterocycles. The minimum absolute atomic E-state index is 0.0893. The molecule has 0 atom stereocenters. The van der Waals surface area contributed by atoms with Gasteiger partial charge in [0.05, 0.1) is 12.0 Å². The van der Waals surface area contributed by atoms with Gasteiger partial charge in [0.15, 0.2) is 0 Å². The Kier molecular flexibility index (Phi) is 5.26. The number of amides is 2. The monoisotopic (exact) mass is 318 g/mol. The summed E-state index contributed by atoms with van der Waals surface area (Å²) in [5.74, 6) is -1.63. The van der Waals surface area contributed by atoms with Crippen molar-refractivity contribution in [3.8, 4) is 0 Å². The second-order valence-corrected chi connectivity index (χ2v) is 5.29. The van der Waals surface area contributed by atoms with Crippen LogP contribution in [0, 0.1) is 0 Å². The van der Waals surface area contributed by atoms with E-state index in [1.54, 1.807) is 35.7 Å². The first-order valence-corrected chi connectivity index (χ1v) is 7.40. The van der Waals surface area contributed by atoms with Gasteiger partial charge in [0, 0.05) is 11.1 Å². The Bertz CT molecular complexity index is 665. The van der Waals surface area contributed by atoms with Crippen LogP contribution >= 0.6 is 11.3 Å². The van der Waals surface area contributed by atoms with Crippen LogP contribution in [-0.2, 0) is 16.0 Å². The van der Waals surface area contributed by atoms with E-state index in [1.807, 2.05) is 5.38 Å². The SMILES string of the molecule is O=C(O)CNC(=O)Cc1ccc(NC(=O)c2ccsc2)cc1. The first-order valence-electron chi connectivity index (χ1n) is 6.45. The molecule has 6 nitrogen and oxygen atoms in total. The Balaban J connectivity index is 1.89. The molecule has 2 rings (SSSR count). The first-order chi connectivity index (χ1) is 10.5. The highest BCUT2D eigenvalue weighted by Crippen LogP contribution is 2.13. The smallest absolute Gasteiger partial charge is 0.322 e. The lowest BCUT2D eigenvalue weighted by atomic mass is 10.1. The van der Waals surface area contributed by atoms with Gasteiger partial charge in [-0.15, -0.1) is 0 Å². The molecule has 114 valence electrons. The molecule has 22 heavy (non-hydrogen) atoms. The lowest BCUT2D eigenvalue weighted by Crippen LogP contribution is -2.30. The average molecular weight is 318 g/mol. The van der Waals surface area contributed by atoms with Crippen molar-refractivity contribution in [3.63, 3.8) is 0 Å². The summed E-state index contributed by atoms with van der Waals surface area (Å²) < 4.78 is 0. The summed E-state index contributed by atoms with van der Waals surface area (Å²) >= 11 is 1.45. The van der Waals surface area contributed by atoms with E-state index in [1.165, 1.54) is 11.3 Å². The molecule has 0 saturated carbocycles. The van der Waals surface area contributed by atoms with Gasteiger partial charge in [-0.05, 0) is 29.1 Å². The van der Waals surface area contributed by atoms with Crippen LogP contribution in [0.5, 0.6) is 0 Å². The molecule has 0 spiro atoms. The van der Waals surface area contributed by atoms with E-state index < -0.39 is 12.5 Å². The molecule has 2 aromatic rings. The van der Waals surface area contributed by atoms with Gasteiger partial charge in [0.25, 0.3) is 5.91 Å². The van der Waals surface area contributed by atoms with Crippen LogP contribution in [0.3, 0.4) is 0 Å². The van der Waals surface area contributed by atoms with E-state index in [0.717, 1.165) is 5.56 Å². The molecule has 7 heteroatoms. The van der Waals surface area contributed by atoms with Crippen molar-refractivity contribution >= 4 is 34.8 Å². The molecule has 0 aliphatic rings. The molecular weight excluding hydrogens is 304 g/mol. The number of carbonyl (C=O) groups excluding carboxylic acids is 2. The number of benzene rings is 1. The highest BCUT2D eigenvalue weighted by atomic mass is 32.1. The summed E-state index contributed by atoms with van der Waals surface area (Å²) in [6.45, 7) is -0.395. The fourth-order valence-corrected chi connectivity index (χ4v) is 2.36. The maximum Gasteiger partial charge on any atom is 0.322 e. The van der Waals surface area contributed by atoms with Crippen LogP contribution in [0.4, 0.5) is 5.69 Å². The van der Waals surface area contributed by atoms with Gasteiger partial charge in [-0.2, -0.15) is 11.3 Å². The number of carboxylic acid groups (broad SMARTS) is 1. The summed E-state index contributed by atoms with van der Waals surface area (Å²) in [5, 5.41) is 17.1. The Morgan fingerprint density at radius 1 is 1.09 bits per heavy atom. The zero-order chi connectivity index (χ0) is 15.9. The second kappa shape index (κ2) is 7.37. The summed E-state index contributed by atoms with van der Waals surface area (Å²) in [6.07, 6.45) is 0.0893. The highest BCUT2D eigenvalue weighted by Gasteiger charge is 2.08. The molecule has 3 N–H and O–H groups in total. The van der Waals surface area contributed by atoms with Crippen LogP contribution in [0.1, 0.15) is 15.9 Å². The summed E-state index contributed by atoms with van der Waals surface area (Å²) in [6, 6.07) is 8.56. The van der Waals surface area contributed by atoms with Gasteiger partial charge in [0.1, 0.15) is 6.54 Å². The zero-order valence-corrected chi connectivity index (χ0v) is 12.4. The van der Waals surface area contributed by atoms with Crippen LogP contribution in [0.25, 0.3) is 0 Å². The topological polar surface area (TPSA) is 95.5 Å². The lowest BCUT2D eigenvalue weighted by molar-refractivity contribution is -0.137. The third-order valence-electron chi connectivity index (χ3n) is 2.80. The van der Waals surface area contributed by atoms with E-state index in [-0.39, 0.29) is 18.2 Å². The summed E-state index contributed by atoms with van der Waals surface area (Å²) in [4.78, 5) is 33.7. The zero-order valence-electron chi connectivity index (χ0n) is 11.5. The van der Waals surface area contributed by atoms with Crippen molar-refractivity contribution in [1.82, 2.24) is 5.32 Å². The predicted octanol–water partition coefficient (Wildman–Crippen LogP) is 1.74. The quantitative estimate of drug-likeness (QED) is 0.756. The number of thiophene rings is 1. The molecule has 0 saturated heterocycles. The molecule has 2 amide bonds. The van der Waals surface area contributed by atoms with Crippen LogP contribution in [0.2, 0.25) is 0 Å². The molecular formula is C15H14N2O4S. The Morgan fingerprint density at radius 2 is 1.82 bits per heavy atom. The van der Waals surface area contributed by atoms with E-state index >= 15 is 0 Å². The maximum atomic E-state index is 11.9. The second-order valence-electron chi connectivity index (χ2n) is 4.51. The minimum atomic E-state index is -1.08. The molecule has 1 heterocycles. The standard InChI is InChI=1S/C15H14N2O4S/c18-13(16-8-14(19)20)7-10-1-3-12(4-2-10)17-15(21)11-5-6-22-9-11/h1-6,9H,7-8H2,(H,16,18)(H,17,21)(H,19,20). The summed E-state index contributed by atoms with van der Waals surface area (Å²) in [5.41, 5.74) is 1.96. The van der Waals surface area contributed by atoms with E-state index in [4.69, 9.17) is 5.11 Å². The van der Waals surface area contributed by atoms with Crippen LogP contribution in [-0.4, -0.2) is 29.4 Å². The number of nitrogens with one attached hydrogen (secondary N) is 2. The largest absolute Gasteiger partial charge is 0.480 e. The van der Waals surface area contributed by atoms with Gasteiger partial charge < -0.3 is 15.7 Å². The molecule has 1 aromatic carbocycles. The molecule has 1 aromatic heterocycles. The fourth-order valence-electron chi connectivity index (χ4n) is 1.72. The van der Waals surface area contributed by atoms with E-state index in [0.29, 0.717) is 11.3 Å². The van der Waals surface area contributed by atoms with Crippen molar-refractivity contribution in [2.75, 3.05) is 11.9 Å². The fraction of sp³-hybridized carbons (Fsp3) is 0.133. The van der Waals surface area contributed by atoms with Crippen LogP contribution < -0.4 is 10.6 Å². The van der Waals surface area contributed by atoms with Crippen LogP contribution in [0.15, 0.2) is 41.1 Å². The highest BCUT2D eigenvalue weighted by molar-refractivity contribution is 7.08. The minimum Gasteiger partial charge on any atom is -0.480 e. The van der Waals surface area contributed by atoms with Crippen molar-refractivity contribution in [1.29, 1.82) is 0 Å². The van der Waals surface area contributed by atoms with E-state index in [2.05, 4.69) is 10.6 Å². The summed E-state index contributed by atoms with van der Waals surface area (Å²) in [7, 11) is 0. The van der Waals surface area contributed by atoms with Gasteiger partial charge in [-0.1, -0.05) is 12.1 Å². The molecule has 0 aliphatic carbocycles. The third-order valence-corrected chi connectivity index (χ3v) is 3.48. The van der Waals surface area contributed by atoms with Crippen molar-refractivity contribution in [2.24, 2.45) is 0 Å². The number of anilines is 1. The average Bonchev–Trinajstić information content (AvgIpc) is 3.01. The lowest BCUT2D eigenvalue weighted by Gasteiger charge is -2.06. The van der Waals surface area contributed by atoms with Crippen molar-refractivity contribution in [2.45, 2.75) is 6.42 Å².